The second kappa shape index (κ2) is 6.00. The van der Waals surface area contributed by atoms with E-state index in [1.165, 1.54) is 38.5 Å². The van der Waals surface area contributed by atoms with Crippen LogP contribution in [0.1, 0.15) is 64.1 Å². The predicted molar refractivity (Wildman–Crippen MR) is 86.1 cm³/mol. The maximum Gasteiger partial charge on any atom is 0.135 e. The summed E-state index contributed by atoms with van der Waals surface area (Å²) in [5, 5.41) is 0. The summed E-state index contributed by atoms with van der Waals surface area (Å²) in [6.45, 7) is 5.68. The van der Waals surface area contributed by atoms with Gasteiger partial charge in [-0.2, -0.15) is 0 Å². The van der Waals surface area contributed by atoms with E-state index in [9.17, 15) is 0 Å². The molecular weight excluding hydrogens is 314 g/mol. The van der Waals surface area contributed by atoms with Gasteiger partial charge in [-0.25, -0.2) is 9.97 Å². The van der Waals surface area contributed by atoms with Gasteiger partial charge >= 0.3 is 0 Å². The first-order chi connectivity index (χ1) is 9.63. The normalized spacial score (nSPS) is 19.8. The van der Waals surface area contributed by atoms with E-state index in [2.05, 4.69) is 45.7 Å². The van der Waals surface area contributed by atoms with Crippen molar-refractivity contribution < 1.29 is 0 Å². The lowest BCUT2D eigenvalue weighted by molar-refractivity contribution is 0.529. The monoisotopic (exact) mass is 337 g/mol. The number of aromatic nitrogens is 2. The lowest BCUT2D eigenvalue weighted by atomic mass is 10.1. The Morgan fingerprint density at radius 1 is 1.20 bits per heavy atom. The molecule has 0 saturated heterocycles. The second-order valence-electron chi connectivity index (χ2n) is 6.67. The van der Waals surface area contributed by atoms with Crippen molar-refractivity contribution >= 4 is 21.7 Å². The van der Waals surface area contributed by atoms with E-state index in [0.717, 1.165) is 22.8 Å². The van der Waals surface area contributed by atoms with E-state index in [4.69, 9.17) is 4.98 Å². The number of hydrogen-bond acceptors (Lipinski definition) is 3. The number of rotatable bonds is 5. The number of nitrogens with zero attached hydrogens (tertiary/aromatic N) is 3. The molecule has 1 heterocycles. The standard InChI is InChI=1S/C16H24BrN3/c1-11(2)10-20(13-5-3-4-6-13)15-9-14(17)18-16(19-15)12-7-8-12/h9,11-13H,3-8,10H2,1-2H3. The molecule has 2 fully saturated rings. The van der Waals surface area contributed by atoms with Crippen LogP contribution in [-0.4, -0.2) is 22.6 Å². The molecule has 1 aromatic rings. The summed E-state index contributed by atoms with van der Waals surface area (Å²) in [4.78, 5) is 12.0. The molecule has 0 aliphatic heterocycles. The molecule has 2 saturated carbocycles. The molecule has 3 nitrogen and oxygen atoms in total. The molecule has 0 N–H and O–H groups in total. The summed E-state index contributed by atoms with van der Waals surface area (Å²) in [5.74, 6) is 3.44. The van der Waals surface area contributed by atoms with Crippen molar-refractivity contribution in [1.82, 2.24) is 9.97 Å². The minimum Gasteiger partial charge on any atom is -0.353 e. The van der Waals surface area contributed by atoms with E-state index in [-0.39, 0.29) is 0 Å². The van der Waals surface area contributed by atoms with Crippen LogP contribution in [0.25, 0.3) is 0 Å². The first-order valence-electron chi connectivity index (χ1n) is 7.94. The van der Waals surface area contributed by atoms with Crippen LogP contribution in [0, 0.1) is 5.92 Å². The minimum atomic E-state index is 0.607. The van der Waals surface area contributed by atoms with Crippen molar-refractivity contribution in [2.45, 2.75) is 64.3 Å². The average Bonchev–Trinajstić information content (AvgIpc) is 3.11. The van der Waals surface area contributed by atoms with E-state index in [1.54, 1.807) is 0 Å². The molecule has 2 aliphatic rings. The molecule has 1 aromatic heterocycles. The Balaban J connectivity index is 1.88. The summed E-state index contributed by atoms with van der Waals surface area (Å²) in [6.07, 6.45) is 7.86. The summed E-state index contributed by atoms with van der Waals surface area (Å²) in [5.41, 5.74) is 0. The molecule has 3 rings (SSSR count). The van der Waals surface area contributed by atoms with Gasteiger partial charge in [0, 0.05) is 24.6 Å². The number of anilines is 1. The lowest BCUT2D eigenvalue weighted by Gasteiger charge is -2.32. The maximum absolute atomic E-state index is 4.88. The van der Waals surface area contributed by atoms with E-state index in [1.807, 2.05) is 0 Å². The highest BCUT2D eigenvalue weighted by Gasteiger charge is 2.29. The van der Waals surface area contributed by atoms with E-state index < -0.39 is 0 Å². The topological polar surface area (TPSA) is 29.0 Å². The molecule has 0 amide bonds. The second-order valence-corrected chi connectivity index (χ2v) is 7.48. The minimum absolute atomic E-state index is 0.607. The van der Waals surface area contributed by atoms with E-state index in [0.29, 0.717) is 17.9 Å². The Labute approximate surface area is 130 Å². The van der Waals surface area contributed by atoms with Crippen LogP contribution in [0.4, 0.5) is 5.82 Å². The Kier molecular flexibility index (Phi) is 4.29. The molecular formula is C16H24BrN3. The van der Waals surface area contributed by atoms with Crippen molar-refractivity contribution in [1.29, 1.82) is 0 Å². The van der Waals surface area contributed by atoms with Crippen molar-refractivity contribution in [2.24, 2.45) is 5.92 Å². The highest BCUT2D eigenvalue weighted by molar-refractivity contribution is 9.10. The number of halogens is 1. The maximum atomic E-state index is 4.88. The largest absolute Gasteiger partial charge is 0.353 e. The predicted octanol–water partition coefficient (Wildman–Crippen LogP) is 4.52. The average molecular weight is 338 g/mol. The molecule has 2 aliphatic carbocycles. The van der Waals surface area contributed by atoms with Crippen LogP contribution in [0.3, 0.4) is 0 Å². The summed E-state index contributed by atoms with van der Waals surface area (Å²) in [7, 11) is 0. The first-order valence-corrected chi connectivity index (χ1v) is 8.74. The third kappa shape index (κ3) is 3.33. The molecule has 110 valence electrons. The molecule has 4 heteroatoms. The van der Waals surface area contributed by atoms with Gasteiger partial charge in [0.2, 0.25) is 0 Å². The zero-order valence-corrected chi connectivity index (χ0v) is 14.1. The van der Waals surface area contributed by atoms with Gasteiger partial charge in [0.25, 0.3) is 0 Å². The van der Waals surface area contributed by atoms with Crippen molar-refractivity contribution in [2.75, 3.05) is 11.4 Å². The molecule has 0 aromatic carbocycles. The zero-order valence-electron chi connectivity index (χ0n) is 12.5. The Morgan fingerprint density at radius 2 is 1.90 bits per heavy atom. The van der Waals surface area contributed by atoms with Gasteiger partial charge in [0.1, 0.15) is 16.2 Å². The van der Waals surface area contributed by atoms with Crippen molar-refractivity contribution in [3.63, 3.8) is 0 Å². The third-order valence-corrected chi connectivity index (χ3v) is 4.67. The molecule has 0 bridgehead atoms. The first kappa shape index (κ1) is 14.3. The zero-order chi connectivity index (χ0) is 14.1. The lowest BCUT2D eigenvalue weighted by Crippen LogP contribution is -2.37. The SMILES string of the molecule is CC(C)CN(c1cc(Br)nc(C2CC2)n1)C1CCCC1. The van der Waals surface area contributed by atoms with Gasteiger partial charge in [-0.05, 0) is 47.5 Å². The summed E-state index contributed by atoms with van der Waals surface area (Å²) in [6, 6.07) is 2.78. The fourth-order valence-electron chi connectivity index (χ4n) is 3.13. The van der Waals surface area contributed by atoms with Gasteiger partial charge in [-0.15, -0.1) is 0 Å². The summed E-state index contributed by atoms with van der Waals surface area (Å²) >= 11 is 3.57. The Hall–Kier alpha value is -0.640. The molecule has 0 atom stereocenters. The molecule has 0 spiro atoms. The molecule has 0 radical (unpaired) electrons. The van der Waals surface area contributed by atoms with E-state index >= 15 is 0 Å². The number of hydrogen-bond donors (Lipinski definition) is 0. The van der Waals surface area contributed by atoms with Crippen LogP contribution < -0.4 is 4.90 Å². The highest BCUT2D eigenvalue weighted by Crippen LogP contribution is 2.39. The van der Waals surface area contributed by atoms with Crippen molar-refractivity contribution in [3.8, 4) is 0 Å². The Morgan fingerprint density at radius 3 is 2.50 bits per heavy atom. The van der Waals surface area contributed by atoms with Crippen LogP contribution in [-0.2, 0) is 0 Å². The highest BCUT2D eigenvalue weighted by atomic mass is 79.9. The van der Waals surface area contributed by atoms with Crippen LogP contribution in [0.5, 0.6) is 0 Å². The Bertz CT molecular complexity index is 465. The van der Waals surface area contributed by atoms with Crippen LogP contribution in [0.2, 0.25) is 0 Å². The van der Waals surface area contributed by atoms with Gasteiger partial charge in [0.15, 0.2) is 0 Å². The third-order valence-electron chi connectivity index (χ3n) is 4.26. The van der Waals surface area contributed by atoms with Gasteiger partial charge in [-0.3, -0.25) is 0 Å². The van der Waals surface area contributed by atoms with Gasteiger partial charge in [-0.1, -0.05) is 26.7 Å². The smallest absolute Gasteiger partial charge is 0.135 e. The summed E-state index contributed by atoms with van der Waals surface area (Å²) < 4.78 is 0.941. The van der Waals surface area contributed by atoms with Crippen LogP contribution in [0.15, 0.2) is 10.7 Å². The van der Waals surface area contributed by atoms with Gasteiger partial charge < -0.3 is 4.90 Å². The fraction of sp³-hybridized carbons (Fsp3) is 0.750. The van der Waals surface area contributed by atoms with Crippen LogP contribution >= 0.6 is 15.9 Å². The quantitative estimate of drug-likeness (QED) is 0.739. The molecule has 0 unspecified atom stereocenters. The van der Waals surface area contributed by atoms with Gasteiger partial charge in [0.05, 0.1) is 0 Å². The molecule has 20 heavy (non-hydrogen) atoms. The van der Waals surface area contributed by atoms with Crippen molar-refractivity contribution in [3.05, 3.63) is 16.5 Å². The fourth-order valence-corrected chi connectivity index (χ4v) is 3.52.